The molecule has 1 aromatic rings. The van der Waals surface area contributed by atoms with E-state index in [4.69, 9.17) is 14.2 Å². The zero-order chi connectivity index (χ0) is 21.0. The number of nitrogens with zero attached hydrogens (tertiary/aromatic N) is 4. The Bertz CT molecular complexity index is 736. The van der Waals surface area contributed by atoms with E-state index in [1.54, 1.807) is 16.0 Å². The molecule has 0 bridgehead atoms. The highest BCUT2D eigenvalue weighted by atomic mass is 16.6. The minimum atomic E-state index is -0.590. The van der Waals surface area contributed by atoms with Crippen LogP contribution in [-0.4, -0.2) is 76.3 Å². The number of hydrogen-bond donors (Lipinski definition) is 0. The fourth-order valence-electron chi connectivity index (χ4n) is 3.70. The molecule has 0 N–H and O–H groups in total. The lowest BCUT2D eigenvalue weighted by Crippen LogP contribution is -2.53. The van der Waals surface area contributed by atoms with Crippen molar-refractivity contribution in [1.82, 2.24) is 19.8 Å². The van der Waals surface area contributed by atoms with Crippen LogP contribution in [0.1, 0.15) is 46.5 Å². The zero-order valence-electron chi connectivity index (χ0n) is 17.6. The summed E-state index contributed by atoms with van der Waals surface area (Å²) in [5.41, 5.74) is -0.590. The molecule has 2 fully saturated rings. The molecular weight excluding hydrogens is 376 g/mol. The number of carbonyl (C=O) groups excluding carboxylic acids is 2. The summed E-state index contributed by atoms with van der Waals surface area (Å²) >= 11 is 0. The van der Waals surface area contributed by atoms with Crippen LogP contribution in [0.2, 0.25) is 0 Å². The molecule has 160 valence electrons. The standard InChI is InChI=1S/C20H30N4O5/c1-20(2,3)29-19(26)24-12-6-8-15(24)18(25)23-11-5-7-14(13-23)28-17-16(27-4)21-9-10-22-17/h9-10,14-15H,5-8,11-13H2,1-4H3. The Morgan fingerprint density at radius 2 is 1.76 bits per heavy atom. The van der Waals surface area contributed by atoms with Gasteiger partial charge in [0, 0.05) is 25.5 Å². The predicted octanol–water partition coefficient (Wildman–Crippen LogP) is 2.25. The maximum atomic E-state index is 13.2. The molecule has 2 atom stereocenters. The second-order valence-electron chi connectivity index (χ2n) is 8.37. The second kappa shape index (κ2) is 8.84. The first-order valence-electron chi connectivity index (χ1n) is 10.1. The van der Waals surface area contributed by atoms with E-state index < -0.39 is 17.7 Å². The van der Waals surface area contributed by atoms with Gasteiger partial charge in [0.2, 0.25) is 5.91 Å². The molecule has 9 heteroatoms. The van der Waals surface area contributed by atoms with E-state index >= 15 is 0 Å². The van der Waals surface area contributed by atoms with Gasteiger partial charge in [0.25, 0.3) is 11.8 Å². The van der Waals surface area contributed by atoms with Gasteiger partial charge in [0.15, 0.2) is 0 Å². The monoisotopic (exact) mass is 406 g/mol. The van der Waals surface area contributed by atoms with Gasteiger partial charge in [-0.25, -0.2) is 14.8 Å². The largest absolute Gasteiger partial charge is 0.477 e. The molecule has 0 spiro atoms. The van der Waals surface area contributed by atoms with Crippen LogP contribution in [0, 0.1) is 0 Å². The number of ether oxygens (including phenoxy) is 3. The van der Waals surface area contributed by atoms with Gasteiger partial charge < -0.3 is 19.1 Å². The fourth-order valence-corrected chi connectivity index (χ4v) is 3.70. The zero-order valence-corrected chi connectivity index (χ0v) is 17.6. The summed E-state index contributed by atoms with van der Waals surface area (Å²) in [6.45, 7) is 7.10. The highest BCUT2D eigenvalue weighted by molar-refractivity contribution is 5.86. The van der Waals surface area contributed by atoms with Crippen LogP contribution in [0.25, 0.3) is 0 Å². The average Bonchev–Trinajstić information content (AvgIpc) is 3.17. The number of methoxy groups -OCH3 is 1. The number of aromatic nitrogens is 2. The van der Waals surface area contributed by atoms with E-state index in [1.165, 1.54) is 13.3 Å². The van der Waals surface area contributed by atoms with Gasteiger partial charge in [0.05, 0.1) is 13.7 Å². The summed E-state index contributed by atoms with van der Waals surface area (Å²) in [4.78, 5) is 37.3. The Morgan fingerprint density at radius 3 is 2.45 bits per heavy atom. The normalized spacial score (nSPS) is 22.3. The molecule has 2 saturated heterocycles. The van der Waals surface area contributed by atoms with Crippen molar-refractivity contribution in [2.24, 2.45) is 0 Å². The molecule has 0 aromatic carbocycles. The van der Waals surface area contributed by atoms with Crippen molar-refractivity contribution in [1.29, 1.82) is 0 Å². The average molecular weight is 406 g/mol. The van der Waals surface area contributed by atoms with Gasteiger partial charge in [-0.1, -0.05) is 0 Å². The van der Waals surface area contributed by atoms with Gasteiger partial charge in [0.1, 0.15) is 17.7 Å². The molecular formula is C20H30N4O5. The minimum Gasteiger partial charge on any atom is -0.477 e. The molecule has 29 heavy (non-hydrogen) atoms. The van der Waals surface area contributed by atoms with Crippen LogP contribution in [-0.2, 0) is 9.53 Å². The van der Waals surface area contributed by atoms with E-state index in [2.05, 4.69) is 9.97 Å². The van der Waals surface area contributed by atoms with Gasteiger partial charge in [-0.2, -0.15) is 0 Å². The van der Waals surface area contributed by atoms with Crippen molar-refractivity contribution in [3.8, 4) is 11.8 Å². The van der Waals surface area contributed by atoms with Crippen LogP contribution in [0.3, 0.4) is 0 Å². The molecule has 2 unspecified atom stereocenters. The lowest BCUT2D eigenvalue weighted by Gasteiger charge is -2.36. The number of piperidine rings is 1. The van der Waals surface area contributed by atoms with Crippen LogP contribution in [0.5, 0.6) is 11.8 Å². The number of amides is 2. The smallest absolute Gasteiger partial charge is 0.410 e. The molecule has 2 aliphatic rings. The summed E-state index contributed by atoms with van der Waals surface area (Å²) in [6, 6.07) is -0.477. The summed E-state index contributed by atoms with van der Waals surface area (Å²) in [5.74, 6) is 0.598. The minimum absolute atomic E-state index is 0.0484. The summed E-state index contributed by atoms with van der Waals surface area (Å²) in [6.07, 6.45) is 5.52. The van der Waals surface area contributed by atoms with E-state index in [0.717, 1.165) is 19.3 Å². The van der Waals surface area contributed by atoms with Crippen LogP contribution in [0.15, 0.2) is 12.4 Å². The Morgan fingerprint density at radius 1 is 1.07 bits per heavy atom. The van der Waals surface area contributed by atoms with Gasteiger partial charge >= 0.3 is 6.09 Å². The third kappa shape index (κ3) is 5.27. The van der Waals surface area contributed by atoms with Crippen LogP contribution >= 0.6 is 0 Å². The number of hydrogen-bond acceptors (Lipinski definition) is 7. The van der Waals surface area contributed by atoms with Crippen molar-refractivity contribution >= 4 is 12.0 Å². The molecule has 3 rings (SSSR count). The van der Waals surface area contributed by atoms with Crippen molar-refractivity contribution < 1.29 is 23.8 Å². The Hall–Kier alpha value is -2.58. The highest BCUT2D eigenvalue weighted by Gasteiger charge is 2.40. The van der Waals surface area contributed by atoms with E-state index in [9.17, 15) is 9.59 Å². The summed E-state index contributed by atoms with van der Waals surface area (Å²) in [7, 11) is 1.51. The second-order valence-corrected chi connectivity index (χ2v) is 8.37. The number of carbonyl (C=O) groups is 2. The van der Waals surface area contributed by atoms with E-state index in [-0.39, 0.29) is 12.0 Å². The van der Waals surface area contributed by atoms with E-state index in [1.807, 2.05) is 20.8 Å². The molecule has 0 radical (unpaired) electrons. The first kappa shape index (κ1) is 21.1. The molecule has 2 aliphatic heterocycles. The van der Waals surface area contributed by atoms with E-state index in [0.29, 0.717) is 37.8 Å². The van der Waals surface area contributed by atoms with Crippen molar-refractivity contribution in [2.75, 3.05) is 26.7 Å². The first-order chi connectivity index (χ1) is 13.8. The molecule has 9 nitrogen and oxygen atoms in total. The predicted molar refractivity (Wildman–Crippen MR) is 105 cm³/mol. The lowest BCUT2D eigenvalue weighted by molar-refractivity contribution is -0.138. The molecule has 2 amide bonds. The van der Waals surface area contributed by atoms with Crippen LogP contribution in [0.4, 0.5) is 4.79 Å². The quantitative estimate of drug-likeness (QED) is 0.757. The lowest BCUT2D eigenvalue weighted by atomic mass is 10.1. The third-order valence-electron chi connectivity index (χ3n) is 4.96. The SMILES string of the molecule is COc1nccnc1OC1CCCN(C(=O)C2CCCN2C(=O)OC(C)(C)C)C1. The third-order valence-corrected chi connectivity index (χ3v) is 4.96. The van der Waals surface area contributed by atoms with Crippen molar-refractivity contribution in [3.05, 3.63) is 12.4 Å². The summed E-state index contributed by atoms with van der Waals surface area (Å²) < 4.78 is 16.6. The van der Waals surface area contributed by atoms with Gasteiger partial charge in [-0.15, -0.1) is 0 Å². The Balaban J connectivity index is 1.63. The molecule has 3 heterocycles. The first-order valence-corrected chi connectivity index (χ1v) is 10.1. The maximum Gasteiger partial charge on any atom is 0.410 e. The Labute approximate surface area is 171 Å². The molecule has 0 aliphatic carbocycles. The van der Waals surface area contributed by atoms with Gasteiger partial charge in [-0.05, 0) is 46.5 Å². The maximum absolute atomic E-state index is 13.2. The number of likely N-dealkylation sites (tertiary alicyclic amines) is 2. The number of rotatable bonds is 4. The van der Waals surface area contributed by atoms with Gasteiger partial charge in [-0.3, -0.25) is 9.69 Å². The van der Waals surface area contributed by atoms with Crippen molar-refractivity contribution in [2.45, 2.75) is 64.2 Å². The topological polar surface area (TPSA) is 94.1 Å². The molecule has 1 aromatic heterocycles. The fraction of sp³-hybridized carbons (Fsp3) is 0.700. The Kier molecular flexibility index (Phi) is 6.44. The highest BCUT2D eigenvalue weighted by Crippen LogP contribution is 2.26. The summed E-state index contributed by atoms with van der Waals surface area (Å²) in [5, 5.41) is 0. The van der Waals surface area contributed by atoms with Crippen LogP contribution < -0.4 is 9.47 Å². The molecule has 0 saturated carbocycles. The van der Waals surface area contributed by atoms with Crippen molar-refractivity contribution in [3.63, 3.8) is 0 Å².